The lowest BCUT2D eigenvalue weighted by atomic mass is 9.96. The van der Waals surface area contributed by atoms with Crippen LogP contribution in [0.15, 0.2) is 48.5 Å². The summed E-state index contributed by atoms with van der Waals surface area (Å²) < 4.78 is 11.1. The summed E-state index contributed by atoms with van der Waals surface area (Å²) in [6, 6.07) is 14.4. The predicted molar refractivity (Wildman–Crippen MR) is 111 cm³/mol. The number of hydrogen-bond acceptors (Lipinski definition) is 4. The fourth-order valence-corrected chi connectivity index (χ4v) is 3.26. The summed E-state index contributed by atoms with van der Waals surface area (Å²) in [6.45, 7) is 4.33. The number of likely N-dealkylation sites (tertiary alicyclic amines) is 1. The third kappa shape index (κ3) is 6.89. The monoisotopic (exact) mass is 422 g/mol. The number of benzene rings is 2. The number of carbonyl (C=O) groups excluding carboxylic acids is 1. The van der Waals surface area contributed by atoms with Gasteiger partial charge in [0.25, 0.3) is 5.91 Å². The van der Waals surface area contributed by atoms with Crippen molar-refractivity contribution in [2.45, 2.75) is 6.42 Å². The number of rotatable bonds is 10. The van der Waals surface area contributed by atoms with Gasteiger partial charge in [0.15, 0.2) is 6.61 Å². The van der Waals surface area contributed by atoms with Gasteiger partial charge in [-0.3, -0.25) is 9.69 Å². The zero-order chi connectivity index (χ0) is 19.8. The molecular formula is C21H24Cl2N2O3. The number of carbonyl (C=O) groups is 1. The number of ether oxygens (including phenoxy) is 2. The second kappa shape index (κ2) is 10.6. The highest BCUT2D eigenvalue weighted by atomic mass is 35.5. The summed E-state index contributed by atoms with van der Waals surface area (Å²) >= 11 is 11.7. The Morgan fingerprint density at radius 2 is 1.54 bits per heavy atom. The molecule has 28 heavy (non-hydrogen) atoms. The molecule has 0 bridgehead atoms. The van der Waals surface area contributed by atoms with Crippen LogP contribution in [0.25, 0.3) is 0 Å². The zero-order valence-electron chi connectivity index (χ0n) is 15.6. The maximum Gasteiger partial charge on any atom is 0.257 e. The summed E-state index contributed by atoms with van der Waals surface area (Å²) in [5.41, 5.74) is 0. The van der Waals surface area contributed by atoms with Crippen molar-refractivity contribution in [1.82, 2.24) is 10.2 Å². The molecule has 2 aromatic carbocycles. The molecule has 1 N–H and O–H groups in total. The number of hydrogen-bond donors (Lipinski definition) is 1. The van der Waals surface area contributed by atoms with E-state index in [0.717, 1.165) is 31.8 Å². The molecule has 150 valence electrons. The molecule has 5 nitrogen and oxygen atoms in total. The van der Waals surface area contributed by atoms with Crippen LogP contribution < -0.4 is 14.8 Å². The van der Waals surface area contributed by atoms with Gasteiger partial charge in [-0.15, -0.1) is 0 Å². The summed E-state index contributed by atoms with van der Waals surface area (Å²) in [7, 11) is 0. The van der Waals surface area contributed by atoms with Gasteiger partial charge in [-0.1, -0.05) is 23.2 Å². The molecule has 0 aromatic heterocycles. The number of halogens is 2. The first kappa shape index (κ1) is 20.8. The third-order valence-corrected chi connectivity index (χ3v) is 5.08. The average Bonchev–Trinajstić information content (AvgIpc) is 2.66. The molecule has 1 heterocycles. The fraction of sp³-hybridized carbons (Fsp3) is 0.381. The van der Waals surface area contributed by atoms with Crippen molar-refractivity contribution in [3.63, 3.8) is 0 Å². The second-order valence-electron chi connectivity index (χ2n) is 6.81. The molecule has 1 saturated heterocycles. The molecule has 0 spiro atoms. The Hall–Kier alpha value is -1.95. The van der Waals surface area contributed by atoms with Gasteiger partial charge in [0, 0.05) is 36.2 Å². The Balaban J connectivity index is 1.20. The number of nitrogens with one attached hydrogen (secondary N) is 1. The lowest BCUT2D eigenvalue weighted by Gasteiger charge is -2.39. The first-order chi connectivity index (χ1) is 13.6. The third-order valence-electron chi connectivity index (χ3n) is 4.58. The van der Waals surface area contributed by atoms with E-state index >= 15 is 0 Å². The van der Waals surface area contributed by atoms with Crippen molar-refractivity contribution in [3.8, 4) is 11.5 Å². The van der Waals surface area contributed by atoms with Crippen LogP contribution in [0.3, 0.4) is 0 Å². The minimum atomic E-state index is -0.109. The Bertz CT molecular complexity index is 747. The SMILES string of the molecule is O=C(COc1ccc(Cl)cc1)NCCC1CN(CCOc2ccc(Cl)cc2)C1. The van der Waals surface area contributed by atoms with Crippen molar-refractivity contribution in [3.05, 3.63) is 58.6 Å². The van der Waals surface area contributed by atoms with Crippen LogP contribution in [-0.4, -0.2) is 50.2 Å². The highest BCUT2D eigenvalue weighted by molar-refractivity contribution is 6.30. The van der Waals surface area contributed by atoms with E-state index in [9.17, 15) is 4.79 Å². The van der Waals surface area contributed by atoms with Gasteiger partial charge >= 0.3 is 0 Å². The second-order valence-corrected chi connectivity index (χ2v) is 7.68. The van der Waals surface area contributed by atoms with Crippen molar-refractivity contribution < 1.29 is 14.3 Å². The molecule has 0 atom stereocenters. The maximum atomic E-state index is 11.8. The van der Waals surface area contributed by atoms with Crippen LogP contribution in [0.2, 0.25) is 10.0 Å². The first-order valence-corrected chi connectivity index (χ1v) is 10.1. The molecule has 0 radical (unpaired) electrons. The normalized spacial score (nSPS) is 14.4. The van der Waals surface area contributed by atoms with Crippen molar-refractivity contribution in [1.29, 1.82) is 0 Å². The van der Waals surface area contributed by atoms with E-state index in [1.54, 1.807) is 24.3 Å². The van der Waals surface area contributed by atoms with Crippen molar-refractivity contribution in [2.24, 2.45) is 5.92 Å². The Morgan fingerprint density at radius 1 is 0.964 bits per heavy atom. The average molecular weight is 423 g/mol. The van der Waals surface area contributed by atoms with E-state index in [-0.39, 0.29) is 12.5 Å². The Kier molecular flexibility index (Phi) is 7.83. The quantitative estimate of drug-likeness (QED) is 0.630. The number of amides is 1. The molecule has 0 aliphatic carbocycles. The molecule has 1 aliphatic heterocycles. The van der Waals surface area contributed by atoms with E-state index in [1.807, 2.05) is 24.3 Å². The van der Waals surface area contributed by atoms with Gasteiger partial charge in [-0.2, -0.15) is 0 Å². The lowest BCUT2D eigenvalue weighted by molar-refractivity contribution is -0.123. The molecular weight excluding hydrogens is 399 g/mol. The molecule has 1 amide bonds. The maximum absolute atomic E-state index is 11.8. The fourth-order valence-electron chi connectivity index (χ4n) is 3.01. The van der Waals surface area contributed by atoms with Gasteiger partial charge in [0.1, 0.15) is 18.1 Å². The minimum Gasteiger partial charge on any atom is -0.492 e. The summed E-state index contributed by atoms with van der Waals surface area (Å²) in [5, 5.41) is 4.25. The molecule has 1 fully saturated rings. The summed E-state index contributed by atoms with van der Waals surface area (Å²) in [6.07, 6.45) is 0.973. The summed E-state index contributed by atoms with van der Waals surface area (Å²) in [4.78, 5) is 14.2. The van der Waals surface area contributed by atoms with E-state index in [1.165, 1.54) is 0 Å². The zero-order valence-corrected chi connectivity index (χ0v) is 17.1. The van der Waals surface area contributed by atoms with Crippen LogP contribution in [0.1, 0.15) is 6.42 Å². The summed E-state index contributed by atoms with van der Waals surface area (Å²) in [5.74, 6) is 1.98. The minimum absolute atomic E-state index is 0.0143. The van der Waals surface area contributed by atoms with Crippen LogP contribution >= 0.6 is 23.2 Å². The molecule has 7 heteroatoms. The molecule has 1 aliphatic rings. The largest absolute Gasteiger partial charge is 0.492 e. The van der Waals surface area contributed by atoms with Gasteiger partial charge in [0.2, 0.25) is 0 Å². The highest BCUT2D eigenvalue weighted by Gasteiger charge is 2.25. The van der Waals surface area contributed by atoms with Crippen LogP contribution in [0.5, 0.6) is 11.5 Å². The topological polar surface area (TPSA) is 50.8 Å². The predicted octanol–water partition coefficient (Wildman–Crippen LogP) is 3.89. The van der Waals surface area contributed by atoms with Crippen molar-refractivity contribution >= 4 is 29.1 Å². The smallest absolute Gasteiger partial charge is 0.257 e. The van der Waals surface area contributed by atoms with Crippen LogP contribution in [0, 0.1) is 5.92 Å². The molecule has 0 saturated carbocycles. The Labute approximate surface area is 175 Å². The number of nitrogens with zero attached hydrogens (tertiary/aromatic N) is 1. The van der Waals surface area contributed by atoms with Gasteiger partial charge in [-0.05, 0) is 60.9 Å². The van der Waals surface area contributed by atoms with E-state index in [4.69, 9.17) is 32.7 Å². The van der Waals surface area contributed by atoms with Crippen LogP contribution in [0.4, 0.5) is 0 Å². The van der Waals surface area contributed by atoms with Crippen molar-refractivity contribution in [2.75, 3.05) is 39.4 Å². The van der Waals surface area contributed by atoms with Crippen LogP contribution in [-0.2, 0) is 4.79 Å². The molecule has 2 aromatic rings. The van der Waals surface area contributed by atoms with E-state index < -0.39 is 0 Å². The molecule has 0 unspecified atom stereocenters. The van der Waals surface area contributed by atoms with E-state index in [2.05, 4.69) is 10.2 Å². The van der Waals surface area contributed by atoms with Gasteiger partial charge < -0.3 is 14.8 Å². The van der Waals surface area contributed by atoms with Gasteiger partial charge in [-0.25, -0.2) is 0 Å². The Morgan fingerprint density at radius 3 is 2.14 bits per heavy atom. The standard InChI is InChI=1S/C21H24Cl2N2O3/c22-17-1-5-19(6-2-17)27-12-11-25-13-16(14-25)9-10-24-21(26)15-28-20-7-3-18(23)4-8-20/h1-8,16H,9-15H2,(H,24,26). The van der Waals surface area contributed by atoms with E-state index in [0.29, 0.717) is 34.9 Å². The molecule has 3 rings (SSSR count). The first-order valence-electron chi connectivity index (χ1n) is 9.34. The lowest BCUT2D eigenvalue weighted by Crippen LogP contribution is -2.49. The highest BCUT2D eigenvalue weighted by Crippen LogP contribution is 2.19. The van der Waals surface area contributed by atoms with Gasteiger partial charge in [0.05, 0.1) is 0 Å².